The highest BCUT2D eigenvalue weighted by atomic mass is 32.2. The summed E-state index contributed by atoms with van der Waals surface area (Å²) in [7, 11) is 0. The summed E-state index contributed by atoms with van der Waals surface area (Å²) in [6.45, 7) is 4.05. The molecule has 0 atom stereocenters. The molecule has 0 saturated carbocycles. The van der Waals surface area contributed by atoms with Gasteiger partial charge in [0.2, 0.25) is 0 Å². The van der Waals surface area contributed by atoms with Crippen molar-refractivity contribution in [2.45, 2.75) is 19.4 Å². The average molecular weight is 423 g/mol. The molecule has 3 aromatic rings. The Kier molecular flexibility index (Phi) is 5.37. The van der Waals surface area contributed by atoms with E-state index in [0.29, 0.717) is 28.5 Å². The summed E-state index contributed by atoms with van der Waals surface area (Å²) in [6, 6.07) is 10.8. The number of ether oxygens (including phenoxy) is 1. The van der Waals surface area contributed by atoms with Crippen LogP contribution in [-0.4, -0.2) is 28.7 Å². The van der Waals surface area contributed by atoms with Crippen LogP contribution in [0.3, 0.4) is 0 Å². The molecule has 1 aromatic carbocycles. The maximum absolute atomic E-state index is 12.5. The van der Waals surface area contributed by atoms with Crippen LogP contribution < -0.4 is 20.5 Å². The van der Waals surface area contributed by atoms with Gasteiger partial charge in [0, 0.05) is 24.0 Å². The van der Waals surface area contributed by atoms with Gasteiger partial charge < -0.3 is 24.9 Å². The molecule has 30 heavy (non-hydrogen) atoms. The van der Waals surface area contributed by atoms with Crippen LogP contribution in [0.2, 0.25) is 0 Å². The van der Waals surface area contributed by atoms with Gasteiger partial charge in [-0.15, -0.1) is 0 Å². The molecule has 2 aromatic heterocycles. The number of anilines is 2. The molecule has 0 bridgehead atoms. The molecule has 0 fully saturated rings. The number of hydrogen-bond acceptors (Lipinski definition) is 8. The van der Waals surface area contributed by atoms with E-state index in [9.17, 15) is 4.79 Å². The van der Waals surface area contributed by atoms with Crippen molar-refractivity contribution in [2.75, 3.05) is 17.1 Å². The Morgan fingerprint density at radius 1 is 1.30 bits per heavy atom. The summed E-state index contributed by atoms with van der Waals surface area (Å²) in [6.07, 6.45) is 4.65. The SMILES string of the molecule is CC(C)(COc1cccc2c1C(c1cc(N)co1)=NSN2)NC(=O)c1ccncc1. The van der Waals surface area contributed by atoms with E-state index in [-0.39, 0.29) is 12.5 Å². The summed E-state index contributed by atoms with van der Waals surface area (Å²) < 4.78 is 19.3. The van der Waals surface area contributed by atoms with E-state index in [1.54, 1.807) is 30.6 Å². The van der Waals surface area contributed by atoms with Gasteiger partial charge in [0.05, 0.1) is 34.6 Å². The first-order valence-corrected chi connectivity index (χ1v) is 10.0. The molecule has 1 aliphatic rings. The van der Waals surface area contributed by atoms with Gasteiger partial charge in [-0.1, -0.05) is 6.07 Å². The van der Waals surface area contributed by atoms with E-state index in [2.05, 4.69) is 19.4 Å². The zero-order valence-electron chi connectivity index (χ0n) is 16.5. The molecule has 154 valence electrons. The third kappa shape index (κ3) is 4.25. The molecule has 0 aliphatic carbocycles. The molecule has 1 aliphatic heterocycles. The molecule has 8 nitrogen and oxygen atoms in total. The number of aromatic nitrogens is 1. The highest BCUT2D eigenvalue weighted by molar-refractivity contribution is 7.99. The van der Waals surface area contributed by atoms with Crippen LogP contribution in [-0.2, 0) is 0 Å². The number of hydrogen-bond donors (Lipinski definition) is 3. The molecule has 4 N–H and O–H groups in total. The zero-order valence-corrected chi connectivity index (χ0v) is 17.3. The van der Waals surface area contributed by atoms with Crippen LogP contribution in [0.25, 0.3) is 0 Å². The largest absolute Gasteiger partial charge is 0.490 e. The van der Waals surface area contributed by atoms with Crippen LogP contribution in [0.15, 0.2) is 63.9 Å². The Labute approximate surface area is 178 Å². The number of nitrogens with two attached hydrogens (primary N) is 1. The highest BCUT2D eigenvalue weighted by Gasteiger charge is 2.26. The smallest absolute Gasteiger partial charge is 0.251 e. The molecule has 4 rings (SSSR count). The number of fused-ring (bicyclic) bond motifs is 1. The van der Waals surface area contributed by atoms with Gasteiger partial charge in [0.1, 0.15) is 24.3 Å². The van der Waals surface area contributed by atoms with Gasteiger partial charge in [-0.05, 0) is 38.1 Å². The first-order valence-electron chi connectivity index (χ1n) is 9.26. The Bertz CT molecular complexity index is 1100. The van der Waals surface area contributed by atoms with Crippen LogP contribution >= 0.6 is 12.1 Å². The third-order valence-electron chi connectivity index (χ3n) is 4.39. The van der Waals surface area contributed by atoms with Gasteiger partial charge in [-0.2, -0.15) is 4.40 Å². The summed E-state index contributed by atoms with van der Waals surface area (Å²) >= 11 is 1.21. The molecule has 3 heterocycles. The van der Waals surface area contributed by atoms with Gasteiger partial charge in [-0.3, -0.25) is 9.78 Å². The van der Waals surface area contributed by atoms with E-state index in [1.807, 2.05) is 32.0 Å². The predicted molar refractivity (Wildman–Crippen MR) is 118 cm³/mol. The predicted octanol–water partition coefficient (Wildman–Crippen LogP) is 3.67. The van der Waals surface area contributed by atoms with Crippen molar-refractivity contribution < 1.29 is 13.9 Å². The van der Waals surface area contributed by atoms with Crippen molar-refractivity contribution in [3.63, 3.8) is 0 Å². The quantitative estimate of drug-likeness (QED) is 0.518. The van der Waals surface area contributed by atoms with Gasteiger partial charge in [-0.25, -0.2) is 0 Å². The minimum Gasteiger partial charge on any atom is -0.490 e. The Balaban J connectivity index is 1.53. The van der Waals surface area contributed by atoms with E-state index in [4.69, 9.17) is 14.9 Å². The van der Waals surface area contributed by atoms with Gasteiger partial charge >= 0.3 is 0 Å². The summed E-state index contributed by atoms with van der Waals surface area (Å²) in [4.78, 5) is 16.4. The minimum absolute atomic E-state index is 0.188. The molecular formula is C21H21N5O3S. The van der Waals surface area contributed by atoms with Crippen molar-refractivity contribution in [3.05, 3.63) is 71.9 Å². The lowest BCUT2D eigenvalue weighted by Gasteiger charge is -2.28. The normalized spacial score (nSPS) is 13.1. The number of amides is 1. The van der Waals surface area contributed by atoms with Crippen LogP contribution in [0.1, 0.15) is 35.5 Å². The van der Waals surface area contributed by atoms with E-state index >= 15 is 0 Å². The Morgan fingerprint density at radius 3 is 2.83 bits per heavy atom. The van der Waals surface area contributed by atoms with Crippen molar-refractivity contribution >= 4 is 35.1 Å². The highest BCUT2D eigenvalue weighted by Crippen LogP contribution is 2.36. The molecule has 0 saturated heterocycles. The lowest BCUT2D eigenvalue weighted by Crippen LogP contribution is -2.47. The van der Waals surface area contributed by atoms with Gasteiger partial charge in [0.15, 0.2) is 5.76 Å². The molecule has 9 heteroatoms. The Hall–Kier alpha value is -3.46. The fraction of sp³-hybridized carbons (Fsp3) is 0.190. The zero-order chi connectivity index (χ0) is 21.1. The maximum atomic E-state index is 12.5. The summed E-state index contributed by atoms with van der Waals surface area (Å²) in [5, 5.41) is 2.99. The Morgan fingerprint density at radius 2 is 2.10 bits per heavy atom. The average Bonchev–Trinajstić information content (AvgIpc) is 3.18. The third-order valence-corrected chi connectivity index (χ3v) is 4.98. The summed E-state index contributed by atoms with van der Waals surface area (Å²) in [5.74, 6) is 0.997. The number of carbonyl (C=O) groups excluding carboxylic acids is 1. The molecule has 1 amide bonds. The van der Waals surface area contributed by atoms with Crippen LogP contribution in [0, 0.1) is 0 Å². The fourth-order valence-corrected chi connectivity index (χ4v) is 3.55. The lowest BCUT2D eigenvalue weighted by atomic mass is 10.0. The van der Waals surface area contributed by atoms with Crippen molar-refractivity contribution in [1.29, 1.82) is 0 Å². The lowest BCUT2D eigenvalue weighted by molar-refractivity contribution is 0.0880. The first-order chi connectivity index (χ1) is 14.4. The standard InChI is InChI=1S/C21H21N5O3S/c1-21(2,24-20(27)13-6-8-23-9-7-13)12-29-16-5-3-4-15-18(16)19(26-30-25-15)17-10-14(22)11-28-17/h3-11,25H,12,22H2,1-2H3,(H,24,27). The fourth-order valence-electron chi connectivity index (χ4n) is 2.96. The van der Waals surface area contributed by atoms with E-state index < -0.39 is 5.54 Å². The van der Waals surface area contributed by atoms with Crippen molar-refractivity contribution in [1.82, 2.24) is 10.3 Å². The summed E-state index contributed by atoms with van der Waals surface area (Å²) in [5.41, 5.74) is 8.53. The van der Waals surface area contributed by atoms with Gasteiger partial charge in [0.25, 0.3) is 5.91 Å². The number of nitrogens with zero attached hydrogens (tertiary/aromatic N) is 2. The van der Waals surface area contributed by atoms with Crippen molar-refractivity contribution in [2.24, 2.45) is 4.40 Å². The van der Waals surface area contributed by atoms with Crippen molar-refractivity contribution in [3.8, 4) is 5.75 Å². The van der Waals surface area contributed by atoms with E-state index in [0.717, 1.165) is 11.3 Å². The molecular weight excluding hydrogens is 402 g/mol. The van der Waals surface area contributed by atoms with E-state index in [1.165, 1.54) is 18.4 Å². The number of benzene rings is 1. The minimum atomic E-state index is -0.619. The number of pyridine rings is 1. The first kappa shape index (κ1) is 19.8. The number of furan rings is 1. The van der Waals surface area contributed by atoms with Crippen LogP contribution in [0.5, 0.6) is 5.75 Å². The second kappa shape index (κ2) is 8.11. The topological polar surface area (TPSA) is 115 Å². The number of nitrogen functional groups attached to an aromatic ring is 1. The molecule has 0 radical (unpaired) electrons. The number of rotatable bonds is 6. The molecule has 0 spiro atoms. The molecule has 0 unspecified atom stereocenters. The number of nitrogens with one attached hydrogen (secondary N) is 2. The second-order valence-electron chi connectivity index (χ2n) is 7.42. The maximum Gasteiger partial charge on any atom is 0.251 e. The van der Waals surface area contributed by atoms with Crippen LogP contribution in [0.4, 0.5) is 11.4 Å². The monoisotopic (exact) mass is 423 g/mol. The second-order valence-corrected chi connectivity index (χ2v) is 7.99. The number of carbonyl (C=O) groups is 1.